The van der Waals surface area contributed by atoms with Crippen LogP contribution in [0.1, 0.15) is 71.9 Å². The van der Waals surface area contributed by atoms with Crippen LogP contribution in [0.25, 0.3) is 11.0 Å². The zero-order valence-corrected chi connectivity index (χ0v) is 22.3. The minimum Gasteiger partial charge on any atom is -0.406 e. The molecule has 1 saturated carbocycles. The molecule has 1 aliphatic rings. The van der Waals surface area contributed by atoms with Crippen LogP contribution < -0.4 is 10.1 Å². The van der Waals surface area contributed by atoms with Gasteiger partial charge in [-0.25, -0.2) is 4.98 Å². The number of aromatic nitrogens is 2. The lowest BCUT2D eigenvalue weighted by molar-refractivity contribution is -0.274. The number of imidazole rings is 1. The smallest absolute Gasteiger partial charge is 0.406 e. The number of hydrogen-bond acceptors (Lipinski definition) is 4. The van der Waals surface area contributed by atoms with Crippen LogP contribution in [-0.2, 0) is 6.42 Å². The molecule has 2 N–H and O–H groups in total. The fraction of sp³-hybridized carbons (Fsp3) is 0.552. The van der Waals surface area contributed by atoms with Gasteiger partial charge in [0.15, 0.2) is 0 Å². The Hall–Kier alpha value is -2.74. The zero-order chi connectivity index (χ0) is 27.0. The summed E-state index contributed by atoms with van der Waals surface area (Å²) in [6.45, 7) is 10.5. The number of rotatable bonds is 8. The maximum Gasteiger partial charge on any atom is 0.573 e. The maximum absolute atomic E-state index is 12.6. The molecule has 0 bridgehead atoms. The molecule has 202 valence electrons. The van der Waals surface area contributed by atoms with Crippen LogP contribution in [0.2, 0.25) is 0 Å². The summed E-state index contributed by atoms with van der Waals surface area (Å²) >= 11 is 0. The van der Waals surface area contributed by atoms with E-state index in [1.807, 2.05) is 13.8 Å². The highest BCUT2D eigenvalue weighted by Gasteiger charge is 2.34. The molecule has 37 heavy (non-hydrogen) atoms. The van der Waals surface area contributed by atoms with E-state index in [-0.39, 0.29) is 11.8 Å². The van der Waals surface area contributed by atoms with Crippen LogP contribution in [0.4, 0.5) is 24.8 Å². The third kappa shape index (κ3) is 6.98. The second kappa shape index (κ2) is 10.6. The molecule has 1 fully saturated rings. The number of benzene rings is 2. The summed E-state index contributed by atoms with van der Waals surface area (Å²) in [4.78, 5) is 4.97. The molecule has 4 rings (SSSR count). The molecule has 8 heteroatoms. The van der Waals surface area contributed by atoms with Crippen molar-refractivity contribution in [1.82, 2.24) is 9.55 Å². The van der Waals surface area contributed by atoms with E-state index in [9.17, 15) is 18.3 Å². The van der Waals surface area contributed by atoms with Crippen LogP contribution in [0.3, 0.4) is 0 Å². The Labute approximate surface area is 217 Å². The van der Waals surface area contributed by atoms with Crippen LogP contribution in [0.15, 0.2) is 42.5 Å². The van der Waals surface area contributed by atoms with Crippen LogP contribution in [0.5, 0.6) is 5.75 Å². The molecule has 3 atom stereocenters. The number of hydrogen-bond donors (Lipinski definition) is 2. The number of halogens is 3. The fourth-order valence-electron chi connectivity index (χ4n) is 5.49. The molecule has 0 aliphatic heterocycles. The standard InChI is InChI=1S/C29H38F3N3O2/c1-18(2)23-12-6-19(3)16-26(23)35-25-13-7-20(14-15-28(4,5)36)17-24(25)34-27(35)33-21-8-10-22(11-9-21)37-29(30,31)32/h7-11,13,17-19,23,26,36H,6,12,14-16H2,1-5H3,(H,33,34)/t19-,23+,26-/m1/s1. The average molecular weight is 518 g/mol. The van der Waals surface area contributed by atoms with Gasteiger partial charge in [-0.1, -0.05) is 33.3 Å². The monoisotopic (exact) mass is 517 g/mol. The number of fused-ring (bicyclic) bond motifs is 1. The van der Waals surface area contributed by atoms with Crippen molar-refractivity contribution >= 4 is 22.7 Å². The summed E-state index contributed by atoms with van der Waals surface area (Å²) in [6, 6.07) is 12.3. The third-order valence-electron chi connectivity index (χ3n) is 7.44. The molecule has 0 spiro atoms. The summed E-state index contributed by atoms with van der Waals surface area (Å²) in [5, 5.41) is 13.5. The van der Waals surface area contributed by atoms with Gasteiger partial charge in [0.25, 0.3) is 0 Å². The van der Waals surface area contributed by atoms with Crippen LogP contribution >= 0.6 is 0 Å². The Kier molecular flexibility index (Phi) is 7.79. The molecule has 0 saturated heterocycles. The van der Waals surface area contributed by atoms with E-state index in [2.05, 4.69) is 53.6 Å². The van der Waals surface area contributed by atoms with Gasteiger partial charge in [0, 0.05) is 11.7 Å². The van der Waals surface area contributed by atoms with E-state index in [0.29, 0.717) is 35.8 Å². The molecule has 0 unspecified atom stereocenters. The van der Waals surface area contributed by atoms with Gasteiger partial charge in [-0.2, -0.15) is 0 Å². The Bertz CT molecular complexity index is 1200. The van der Waals surface area contributed by atoms with E-state index in [0.717, 1.165) is 35.9 Å². The van der Waals surface area contributed by atoms with Gasteiger partial charge in [0.2, 0.25) is 5.95 Å². The highest BCUT2D eigenvalue weighted by atomic mass is 19.4. The second-order valence-electron chi connectivity index (χ2n) is 11.5. The highest BCUT2D eigenvalue weighted by molar-refractivity contribution is 5.81. The topological polar surface area (TPSA) is 59.3 Å². The zero-order valence-electron chi connectivity index (χ0n) is 22.3. The Balaban J connectivity index is 1.72. The second-order valence-corrected chi connectivity index (χ2v) is 11.5. The predicted molar refractivity (Wildman–Crippen MR) is 141 cm³/mol. The van der Waals surface area contributed by atoms with E-state index < -0.39 is 12.0 Å². The van der Waals surface area contributed by atoms with E-state index in [1.54, 1.807) is 12.1 Å². The minimum atomic E-state index is -4.73. The molecule has 0 radical (unpaired) electrons. The molecular formula is C29H38F3N3O2. The molecule has 0 amide bonds. The third-order valence-corrected chi connectivity index (χ3v) is 7.44. The number of ether oxygens (including phenoxy) is 1. The Morgan fingerprint density at radius 1 is 1.11 bits per heavy atom. The summed E-state index contributed by atoms with van der Waals surface area (Å²) < 4.78 is 44.1. The maximum atomic E-state index is 12.6. The summed E-state index contributed by atoms with van der Waals surface area (Å²) in [6.07, 6.45) is 0.0561. The number of anilines is 2. The van der Waals surface area contributed by atoms with Crippen LogP contribution in [-0.4, -0.2) is 26.6 Å². The van der Waals surface area contributed by atoms with Crippen molar-refractivity contribution in [3.63, 3.8) is 0 Å². The number of nitrogens with zero attached hydrogens (tertiary/aromatic N) is 2. The molecule has 5 nitrogen and oxygen atoms in total. The van der Waals surface area contributed by atoms with E-state index in [4.69, 9.17) is 4.98 Å². The lowest BCUT2D eigenvalue weighted by Crippen LogP contribution is -2.30. The Morgan fingerprint density at radius 2 is 1.81 bits per heavy atom. The first kappa shape index (κ1) is 27.3. The van der Waals surface area contributed by atoms with Crippen LogP contribution in [0, 0.1) is 17.8 Å². The van der Waals surface area contributed by atoms with Crippen molar-refractivity contribution in [3.05, 3.63) is 48.0 Å². The van der Waals surface area contributed by atoms with Crippen molar-refractivity contribution in [2.75, 3.05) is 5.32 Å². The first-order chi connectivity index (χ1) is 17.3. The van der Waals surface area contributed by atoms with Crippen molar-refractivity contribution in [3.8, 4) is 5.75 Å². The normalized spacial score (nSPS) is 21.0. The van der Waals surface area contributed by atoms with Gasteiger partial charge >= 0.3 is 6.36 Å². The number of alkyl halides is 3. The highest BCUT2D eigenvalue weighted by Crippen LogP contribution is 2.44. The van der Waals surface area contributed by atoms with Crippen molar-refractivity contribution in [1.29, 1.82) is 0 Å². The molecule has 1 heterocycles. The van der Waals surface area contributed by atoms with Crippen molar-refractivity contribution in [2.24, 2.45) is 17.8 Å². The molecule has 1 aliphatic carbocycles. The molecule has 1 aromatic heterocycles. The van der Waals surface area contributed by atoms with Crippen molar-refractivity contribution in [2.45, 2.75) is 84.7 Å². The summed E-state index contributed by atoms with van der Waals surface area (Å²) in [7, 11) is 0. The molecular weight excluding hydrogens is 479 g/mol. The van der Waals surface area contributed by atoms with Gasteiger partial charge in [0.1, 0.15) is 5.75 Å². The first-order valence-corrected chi connectivity index (χ1v) is 13.1. The predicted octanol–water partition coefficient (Wildman–Crippen LogP) is 8.02. The van der Waals surface area contributed by atoms with Gasteiger partial charge < -0.3 is 19.7 Å². The molecule has 2 aromatic carbocycles. The summed E-state index contributed by atoms with van der Waals surface area (Å²) in [5.74, 6) is 2.02. The number of nitrogens with one attached hydrogen (secondary N) is 1. The summed E-state index contributed by atoms with van der Waals surface area (Å²) in [5.41, 5.74) is 2.91. The quantitative estimate of drug-likeness (QED) is 0.318. The molecule has 3 aromatic rings. The number of aryl methyl sites for hydroxylation is 1. The van der Waals surface area contributed by atoms with Crippen molar-refractivity contribution < 1.29 is 23.0 Å². The Morgan fingerprint density at radius 3 is 2.43 bits per heavy atom. The van der Waals surface area contributed by atoms with E-state index in [1.165, 1.54) is 18.6 Å². The van der Waals surface area contributed by atoms with Gasteiger partial charge in [-0.3, -0.25) is 0 Å². The van der Waals surface area contributed by atoms with Gasteiger partial charge in [-0.15, -0.1) is 13.2 Å². The lowest BCUT2D eigenvalue weighted by atomic mass is 9.74. The number of aliphatic hydroxyl groups is 1. The largest absolute Gasteiger partial charge is 0.573 e. The SMILES string of the molecule is CC(C)[C@@H]1CC[C@@H](C)C[C@H]1n1c(Nc2ccc(OC(F)(F)F)cc2)nc2cc(CCC(C)(C)O)ccc21. The van der Waals surface area contributed by atoms with E-state index >= 15 is 0 Å². The van der Waals surface area contributed by atoms with Gasteiger partial charge in [0.05, 0.1) is 16.6 Å². The minimum absolute atomic E-state index is 0.256. The van der Waals surface area contributed by atoms with Gasteiger partial charge in [-0.05, 0) is 99.2 Å². The first-order valence-electron chi connectivity index (χ1n) is 13.1. The fourth-order valence-corrected chi connectivity index (χ4v) is 5.49. The average Bonchev–Trinajstić information content (AvgIpc) is 3.14. The lowest BCUT2D eigenvalue weighted by Gasteiger charge is -2.39.